The fourth-order valence-corrected chi connectivity index (χ4v) is 2.22. The zero-order chi connectivity index (χ0) is 15.0. The normalized spacial score (nSPS) is 32.9. The van der Waals surface area contributed by atoms with Gasteiger partial charge in [0.25, 0.3) is 0 Å². The van der Waals surface area contributed by atoms with Crippen molar-refractivity contribution in [3.05, 3.63) is 0 Å². The van der Waals surface area contributed by atoms with Crippen LogP contribution in [0.4, 0.5) is 0 Å². The molecule has 0 saturated heterocycles. The van der Waals surface area contributed by atoms with Crippen LogP contribution in [-0.4, -0.2) is 35.3 Å². The minimum Gasteiger partial charge on any atom is -0.391 e. The second-order valence-corrected chi connectivity index (χ2v) is 5.45. The number of ketones is 1. The van der Waals surface area contributed by atoms with Gasteiger partial charge in [0.2, 0.25) is 0 Å². The third-order valence-electron chi connectivity index (χ3n) is 3.89. The molecule has 0 aromatic carbocycles. The first-order chi connectivity index (χ1) is 8.56. The Balaban J connectivity index is 2.90. The average molecular weight is 271 g/mol. The molecule has 7 heteroatoms. The summed E-state index contributed by atoms with van der Waals surface area (Å²) in [5, 5.41) is 0. The molecule has 0 aliphatic heterocycles. The van der Waals surface area contributed by atoms with Crippen LogP contribution in [0.5, 0.6) is 0 Å². The first-order valence-electron chi connectivity index (χ1n) is 6.17. The highest BCUT2D eigenvalue weighted by Gasteiger charge is 2.64. The first kappa shape index (κ1) is 15.7. The van der Waals surface area contributed by atoms with Gasteiger partial charge in [0.05, 0.1) is 11.5 Å². The Morgan fingerprint density at radius 3 is 1.95 bits per heavy atom. The second kappa shape index (κ2) is 4.99. The molecule has 0 heterocycles. The SMILES string of the molecule is CC(N)C(=O)OC(=O)C1(N)CCC1(C)C(=O)C(C)N. The van der Waals surface area contributed by atoms with Crippen LogP contribution in [0.3, 0.4) is 0 Å². The Morgan fingerprint density at radius 2 is 1.63 bits per heavy atom. The number of hydrogen-bond acceptors (Lipinski definition) is 7. The Hall–Kier alpha value is -1.31. The predicted molar refractivity (Wildman–Crippen MR) is 67.7 cm³/mol. The van der Waals surface area contributed by atoms with Crippen LogP contribution in [0.2, 0.25) is 0 Å². The molecule has 1 aliphatic carbocycles. The molecule has 0 aromatic rings. The summed E-state index contributed by atoms with van der Waals surface area (Å²) in [6.45, 7) is 4.50. The van der Waals surface area contributed by atoms with Crippen molar-refractivity contribution in [3.63, 3.8) is 0 Å². The number of nitrogens with two attached hydrogens (primary N) is 3. The summed E-state index contributed by atoms with van der Waals surface area (Å²) >= 11 is 0. The summed E-state index contributed by atoms with van der Waals surface area (Å²) in [6, 6.07) is -1.66. The highest BCUT2D eigenvalue weighted by molar-refractivity contribution is 6.02. The van der Waals surface area contributed by atoms with Crippen molar-refractivity contribution in [1.29, 1.82) is 0 Å². The van der Waals surface area contributed by atoms with E-state index >= 15 is 0 Å². The van der Waals surface area contributed by atoms with Crippen molar-refractivity contribution in [1.82, 2.24) is 0 Å². The van der Waals surface area contributed by atoms with Crippen molar-refractivity contribution < 1.29 is 19.1 Å². The highest BCUT2D eigenvalue weighted by Crippen LogP contribution is 2.50. The van der Waals surface area contributed by atoms with Gasteiger partial charge in [-0.15, -0.1) is 0 Å². The zero-order valence-electron chi connectivity index (χ0n) is 11.4. The molecule has 1 rings (SSSR count). The van der Waals surface area contributed by atoms with E-state index in [9.17, 15) is 14.4 Å². The van der Waals surface area contributed by atoms with Crippen LogP contribution in [-0.2, 0) is 19.1 Å². The fourth-order valence-electron chi connectivity index (χ4n) is 2.22. The van der Waals surface area contributed by atoms with Gasteiger partial charge >= 0.3 is 11.9 Å². The van der Waals surface area contributed by atoms with Gasteiger partial charge in [-0.25, -0.2) is 9.59 Å². The van der Waals surface area contributed by atoms with Crippen LogP contribution >= 0.6 is 0 Å². The molecule has 4 atom stereocenters. The van der Waals surface area contributed by atoms with Crippen LogP contribution < -0.4 is 17.2 Å². The molecular weight excluding hydrogens is 250 g/mol. The van der Waals surface area contributed by atoms with Gasteiger partial charge in [-0.1, -0.05) is 6.92 Å². The molecule has 0 radical (unpaired) electrons. The van der Waals surface area contributed by atoms with Crippen LogP contribution in [0.1, 0.15) is 33.6 Å². The van der Waals surface area contributed by atoms with E-state index in [4.69, 9.17) is 17.2 Å². The summed E-state index contributed by atoms with van der Waals surface area (Å²) < 4.78 is 4.62. The standard InChI is InChI=1S/C12H21N3O4/c1-6(13)8(16)11(3)4-5-12(11,15)10(18)19-9(17)7(2)14/h6-7H,4-5,13-15H2,1-3H3. The topological polar surface area (TPSA) is 139 Å². The predicted octanol–water partition coefficient (Wildman–Crippen LogP) is -1.18. The van der Waals surface area contributed by atoms with Gasteiger partial charge in [-0.05, 0) is 26.7 Å². The molecule has 0 spiro atoms. The molecule has 19 heavy (non-hydrogen) atoms. The van der Waals surface area contributed by atoms with Crippen molar-refractivity contribution in [2.45, 2.75) is 51.2 Å². The summed E-state index contributed by atoms with van der Waals surface area (Å²) in [7, 11) is 0. The monoisotopic (exact) mass is 271 g/mol. The lowest BCUT2D eigenvalue weighted by molar-refractivity contribution is -0.176. The molecule has 108 valence electrons. The lowest BCUT2D eigenvalue weighted by Crippen LogP contribution is -2.72. The molecule has 4 unspecified atom stereocenters. The largest absolute Gasteiger partial charge is 0.391 e. The van der Waals surface area contributed by atoms with Gasteiger partial charge < -0.3 is 21.9 Å². The third-order valence-corrected chi connectivity index (χ3v) is 3.89. The molecular formula is C12H21N3O4. The molecule has 1 saturated carbocycles. The Bertz CT molecular complexity index is 421. The average Bonchev–Trinajstić information content (AvgIpc) is 2.33. The van der Waals surface area contributed by atoms with Gasteiger partial charge in [0.15, 0.2) is 5.78 Å². The highest BCUT2D eigenvalue weighted by atomic mass is 16.6. The Kier molecular flexibility index (Phi) is 4.14. The molecule has 6 N–H and O–H groups in total. The summed E-state index contributed by atoms with van der Waals surface area (Å²) in [5.74, 6) is -2.10. The summed E-state index contributed by atoms with van der Waals surface area (Å²) in [4.78, 5) is 35.4. The quantitative estimate of drug-likeness (QED) is 0.432. The van der Waals surface area contributed by atoms with E-state index in [0.29, 0.717) is 6.42 Å². The smallest absolute Gasteiger partial charge is 0.334 e. The lowest BCUT2D eigenvalue weighted by atomic mass is 9.53. The molecule has 0 aromatic heterocycles. The lowest BCUT2D eigenvalue weighted by Gasteiger charge is -2.52. The maximum Gasteiger partial charge on any atom is 0.334 e. The maximum absolute atomic E-state index is 12.1. The summed E-state index contributed by atoms with van der Waals surface area (Å²) in [5.41, 5.74) is 14.2. The first-order valence-corrected chi connectivity index (χ1v) is 6.17. The van der Waals surface area contributed by atoms with E-state index in [2.05, 4.69) is 4.74 Å². The van der Waals surface area contributed by atoms with Crippen LogP contribution in [0.25, 0.3) is 0 Å². The Morgan fingerprint density at radius 1 is 1.11 bits per heavy atom. The van der Waals surface area contributed by atoms with E-state index in [1.807, 2.05) is 0 Å². The number of carbonyl (C=O) groups is 3. The van der Waals surface area contributed by atoms with Crippen LogP contribution in [0.15, 0.2) is 0 Å². The van der Waals surface area contributed by atoms with E-state index < -0.39 is 35.0 Å². The van der Waals surface area contributed by atoms with Gasteiger partial charge in [0, 0.05) is 0 Å². The molecule has 1 aliphatic rings. The number of Topliss-reactive ketones (excluding diaryl/α,β-unsaturated/α-hetero) is 1. The molecule has 7 nitrogen and oxygen atoms in total. The van der Waals surface area contributed by atoms with Crippen molar-refractivity contribution in [2.75, 3.05) is 0 Å². The van der Waals surface area contributed by atoms with Gasteiger partial charge in [-0.3, -0.25) is 4.79 Å². The third kappa shape index (κ3) is 2.41. The van der Waals surface area contributed by atoms with E-state index in [1.165, 1.54) is 13.8 Å². The Labute approximate surface area is 111 Å². The van der Waals surface area contributed by atoms with Gasteiger partial charge in [-0.2, -0.15) is 0 Å². The van der Waals surface area contributed by atoms with Gasteiger partial charge in [0.1, 0.15) is 11.6 Å². The number of carbonyl (C=O) groups excluding carboxylic acids is 3. The minimum atomic E-state index is -1.51. The van der Waals surface area contributed by atoms with Crippen molar-refractivity contribution in [2.24, 2.45) is 22.6 Å². The van der Waals surface area contributed by atoms with E-state index in [1.54, 1.807) is 6.92 Å². The number of hydrogen-bond donors (Lipinski definition) is 3. The van der Waals surface area contributed by atoms with Crippen molar-refractivity contribution in [3.8, 4) is 0 Å². The number of esters is 2. The second-order valence-electron chi connectivity index (χ2n) is 5.45. The van der Waals surface area contributed by atoms with Crippen LogP contribution in [0, 0.1) is 5.41 Å². The summed E-state index contributed by atoms with van der Waals surface area (Å²) in [6.07, 6.45) is 0.707. The fraction of sp³-hybridized carbons (Fsp3) is 0.750. The van der Waals surface area contributed by atoms with E-state index in [0.717, 1.165) is 0 Å². The zero-order valence-corrected chi connectivity index (χ0v) is 11.4. The molecule has 0 amide bonds. The number of rotatable bonds is 4. The van der Waals surface area contributed by atoms with E-state index in [-0.39, 0.29) is 12.2 Å². The molecule has 1 fully saturated rings. The molecule has 0 bridgehead atoms. The van der Waals surface area contributed by atoms with Crippen molar-refractivity contribution >= 4 is 17.7 Å². The minimum absolute atomic E-state index is 0.271. The number of ether oxygens (including phenoxy) is 1. The maximum atomic E-state index is 12.1.